The number of aryl methyl sites for hydroxylation is 1. The number of nitrogens with two attached hydrogens (primary N) is 1. The summed E-state index contributed by atoms with van der Waals surface area (Å²) in [4.78, 5) is 6.71. The van der Waals surface area contributed by atoms with Crippen LogP contribution in [0.3, 0.4) is 0 Å². The Hall–Kier alpha value is -0.910. The molecule has 2 N–H and O–H groups in total. The molecule has 2 aromatic rings. The molecule has 0 aliphatic carbocycles. The second kappa shape index (κ2) is 6.70. The highest BCUT2D eigenvalue weighted by Crippen LogP contribution is 2.25. The second-order valence-electron chi connectivity index (χ2n) is 5.17. The second-order valence-corrected chi connectivity index (χ2v) is 7.09. The summed E-state index contributed by atoms with van der Waals surface area (Å²) < 4.78 is 1.12. The summed E-state index contributed by atoms with van der Waals surface area (Å²) in [5.41, 5.74) is 9.40. The van der Waals surface area contributed by atoms with Crippen LogP contribution in [0.1, 0.15) is 23.2 Å². The van der Waals surface area contributed by atoms with E-state index in [9.17, 15) is 0 Å². The molecule has 1 unspecified atom stereocenters. The molecule has 0 fully saturated rings. The lowest BCUT2D eigenvalue weighted by atomic mass is 10.1. The summed E-state index contributed by atoms with van der Waals surface area (Å²) in [6.45, 7) is 4.88. The van der Waals surface area contributed by atoms with Crippen LogP contribution in [0.5, 0.6) is 0 Å². The Balaban J connectivity index is 2.10. The van der Waals surface area contributed by atoms with Crippen LogP contribution >= 0.6 is 27.3 Å². The Morgan fingerprint density at radius 1 is 1.45 bits per heavy atom. The van der Waals surface area contributed by atoms with Crippen LogP contribution in [-0.2, 0) is 13.0 Å². The minimum absolute atomic E-state index is 0.174. The number of hydrogen-bond acceptors (Lipinski definition) is 4. The molecule has 1 aromatic carbocycles. The van der Waals surface area contributed by atoms with Gasteiger partial charge in [0.1, 0.15) is 0 Å². The first-order valence-corrected chi connectivity index (χ1v) is 8.29. The van der Waals surface area contributed by atoms with Gasteiger partial charge in [-0.15, -0.1) is 11.3 Å². The van der Waals surface area contributed by atoms with Gasteiger partial charge >= 0.3 is 0 Å². The number of aromatic nitrogens is 1. The summed E-state index contributed by atoms with van der Waals surface area (Å²) >= 11 is 5.33. The zero-order valence-corrected chi connectivity index (χ0v) is 14.5. The van der Waals surface area contributed by atoms with Crippen LogP contribution in [-0.4, -0.2) is 18.1 Å². The van der Waals surface area contributed by atoms with Gasteiger partial charge in [0.05, 0.1) is 17.2 Å². The molecule has 0 radical (unpaired) electrons. The smallest absolute Gasteiger partial charge is 0.0898 e. The van der Waals surface area contributed by atoms with Crippen LogP contribution in [0.2, 0.25) is 0 Å². The molecule has 0 bridgehead atoms. The summed E-state index contributed by atoms with van der Waals surface area (Å²) in [7, 11) is 2.09. The van der Waals surface area contributed by atoms with Gasteiger partial charge in [0, 0.05) is 28.6 Å². The highest BCUT2D eigenvalue weighted by Gasteiger charge is 2.08. The van der Waals surface area contributed by atoms with Gasteiger partial charge in [-0.25, -0.2) is 4.98 Å². The predicted molar refractivity (Wildman–Crippen MR) is 90.5 cm³/mol. The highest BCUT2D eigenvalue weighted by atomic mass is 79.9. The lowest BCUT2D eigenvalue weighted by Gasteiger charge is -2.19. The number of benzene rings is 1. The fourth-order valence-corrected chi connectivity index (χ4v) is 3.23. The zero-order valence-electron chi connectivity index (χ0n) is 12.1. The van der Waals surface area contributed by atoms with E-state index in [-0.39, 0.29) is 6.04 Å². The van der Waals surface area contributed by atoms with Gasteiger partial charge in [-0.1, -0.05) is 22.0 Å². The van der Waals surface area contributed by atoms with Crippen LogP contribution in [0.4, 0.5) is 5.69 Å². The van der Waals surface area contributed by atoms with E-state index in [0.29, 0.717) is 0 Å². The van der Waals surface area contributed by atoms with E-state index in [1.807, 2.05) is 13.8 Å². The quantitative estimate of drug-likeness (QED) is 0.889. The number of anilines is 1. The van der Waals surface area contributed by atoms with Gasteiger partial charge in [0.2, 0.25) is 0 Å². The molecule has 20 heavy (non-hydrogen) atoms. The van der Waals surface area contributed by atoms with Crippen molar-refractivity contribution in [2.75, 3.05) is 11.9 Å². The van der Waals surface area contributed by atoms with Crippen LogP contribution in [0, 0.1) is 6.92 Å². The third-order valence-corrected chi connectivity index (χ3v) is 4.65. The number of nitrogens with zero attached hydrogens (tertiary/aromatic N) is 2. The van der Waals surface area contributed by atoms with Crippen molar-refractivity contribution in [3.63, 3.8) is 0 Å². The molecule has 0 aliphatic rings. The number of halogens is 1. The molecule has 1 aromatic heterocycles. The van der Waals surface area contributed by atoms with Crippen LogP contribution in [0.15, 0.2) is 28.1 Å². The molecule has 0 spiro atoms. The molecule has 0 saturated heterocycles. The normalized spacial score (nSPS) is 12.4. The molecule has 108 valence electrons. The van der Waals surface area contributed by atoms with Crippen molar-refractivity contribution in [1.29, 1.82) is 0 Å². The molecule has 0 amide bonds. The van der Waals surface area contributed by atoms with Crippen molar-refractivity contribution in [1.82, 2.24) is 4.98 Å². The third-order valence-electron chi connectivity index (χ3n) is 3.09. The average molecular weight is 354 g/mol. The van der Waals surface area contributed by atoms with Gasteiger partial charge in [0.25, 0.3) is 0 Å². The Bertz CT molecular complexity index is 580. The highest BCUT2D eigenvalue weighted by molar-refractivity contribution is 9.10. The fourth-order valence-electron chi connectivity index (χ4n) is 2.10. The maximum Gasteiger partial charge on any atom is 0.0898 e. The lowest BCUT2D eigenvalue weighted by Crippen LogP contribution is -2.19. The van der Waals surface area contributed by atoms with Gasteiger partial charge < -0.3 is 10.6 Å². The maximum absolute atomic E-state index is 5.86. The van der Waals surface area contributed by atoms with Gasteiger partial charge in [-0.3, -0.25) is 0 Å². The van der Waals surface area contributed by atoms with Gasteiger partial charge in [-0.05, 0) is 38.0 Å². The molecule has 1 atom stereocenters. The Morgan fingerprint density at radius 2 is 2.20 bits per heavy atom. The maximum atomic E-state index is 5.86. The molecule has 1 heterocycles. The Kier molecular flexibility index (Phi) is 5.18. The van der Waals surface area contributed by atoms with Crippen LogP contribution in [0.25, 0.3) is 0 Å². The van der Waals surface area contributed by atoms with Crippen molar-refractivity contribution in [3.8, 4) is 0 Å². The number of hydrogen-bond donors (Lipinski definition) is 1. The van der Waals surface area contributed by atoms with E-state index in [1.165, 1.54) is 11.3 Å². The average Bonchev–Trinajstić information content (AvgIpc) is 2.76. The van der Waals surface area contributed by atoms with E-state index in [1.54, 1.807) is 11.3 Å². The topological polar surface area (TPSA) is 42.2 Å². The molecular formula is C15H20BrN3S. The van der Waals surface area contributed by atoms with E-state index >= 15 is 0 Å². The summed E-state index contributed by atoms with van der Waals surface area (Å²) in [6.07, 6.45) is 0.885. The zero-order chi connectivity index (χ0) is 14.7. The van der Waals surface area contributed by atoms with Crippen molar-refractivity contribution < 1.29 is 0 Å². The molecule has 2 rings (SSSR count). The summed E-state index contributed by atoms with van der Waals surface area (Å²) in [5.74, 6) is 0. The summed E-state index contributed by atoms with van der Waals surface area (Å²) in [5, 5.41) is 3.23. The van der Waals surface area contributed by atoms with E-state index in [4.69, 9.17) is 5.73 Å². The Morgan fingerprint density at radius 3 is 2.75 bits per heavy atom. The minimum Gasteiger partial charge on any atom is -0.369 e. The summed E-state index contributed by atoms with van der Waals surface area (Å²) in [6, 6.07) is 6.61. The molecule has 0 aliphatic heterocycles. The molecular weight excluding hydrogens is 334 g/mol. The van der Waals surface area contributed by atoms with E-state index in [0.717, 1.165) is 28.1 Å². The van der Waals surface area contributed by atoms with E-state index in [2.05, 4.69) is 56.4 Å². The Labute approximate surface area is 133 Å². The van der Waals surface area contributed by atoms with Crippen molar-refractivity contribution >= 4 is 33.0 Å². The monoisotopic (exact) mass is 353 g/mol. The van der Waals surface area contributed by atoms with E-state index < -0.39 is 0 Å². The van der Waals surface area contributed by atoms with Gasteiger partial charge in [0.15, 0.2) is 0 Å². The van der Waals surface area contributed by atoms with Crippen LogP contribution < -0.4 is 10.6 Å². The standard InChI is InChI=1S/C15H20BrN3S/c1-10(17)6-12-4-5-14(7-15(12)16)19(3)8-13-9-20-11(2)18-13/h4-5,7,9-10H,6,8,17H2,1-3H3. The first kappa shape index (κ1) is 15.5. The third kappa shape index (κ3) is 4.04. The SMILES string of the molecule is Cc1nc(CN(C)c2ccc(CC(C)N)c(Br)c2)cs1. The van der Waals surface area contributed by atoms with Crippen molar-refractivity contribution in [2.24, 2.45) is 5.73 Å². The first-order chi connectivity index (χ1) is 9.45. The number of thiazole rings is 1. The fraction of sp³-hybridized carbons (Fsp3) is 0.400. The van der Waals surface area contributed by atoms with Crippen molar-refractivity contribution in [2.45, 2.75) is 32.9 Å². The minimum atomic E-state index is 0.174. The molecule has 0 saturated carbocycles. The molecule has 3 nitrogen and oxygen atoms in total. The first-order valence-electron chi connectivity index (χ1n) is 6.62. The number of rotatable bonds is 5. The van der Waals surface area contributed by atoms with Crippen molar-refractivity contribution in [3.05, 3.63) is 44.3 Å². The van der Waals surface area contributed by atoms with Gasteiger partial charge in [-0.2, -0.15) is 0 Å². The largest absolute Gasteiger partial charge is 0.369 e. The predicted octanol–water partition coefficient (Wildman–Crippen LogP) is 3.74. The lowest BCUT2D eigenvalue weighted by molar-refractivity contribution is 0.736. The molecule has 5 heteroatoms.